The van der Waals surface area contributed by atoms with Crippen molar-refractivity contribution in [2.24, 2.45) is 0 Å². The van der Waals surface area contributed by atoms with Gasteiger partial charge < -0.3 is 10.2 Å². The van der Waals surface area contributed by atoms with Gasteiger partial charge in [-0.15, -0.1) is 0 Å². The number of rotatable bonds is 2. The van der Waals surface area contributed by atoms with Gasteiger partial charge >= 0.3 is 6.03 Å². The van der Waals surface area contributed by atoms with E-state index < -0.39 is 0 Å². The molecule has 1 aliphatic carbocycles. The number of amides is 2. The van der Waals surface area contributed by atoms with Crippen LogP contribution in [0, 0.1) is 13.8 Å². The molecule has 1 aromatic rings. The fourth-order valence-corrected chi connectivity index (χ4v) is 2.84. The van der Waals surface area contributed by atoms with Gasteiger partial charge in [0.25, 0.3) is 0 Å². The van der Waals surface area contributed by atoms with E-state index >= 15 is 0 Å². The van der Waals surface area contributed by atoms with Gasteiger partial charge in [0.1, 0.15) is 0 Å². The van der Waals surface area contributed by atoms with Crippen molar-refractivity contribution >= 4 is 11.6 Å². The SMILES string of the molecule is Cc1cc(C)c2c(c1)C(=CCNC(=O)N(C)C)CCC2. The Hall–Kier alpha value is -1.77. The van der Waals surface area contributed by atoms with Crippen molar-refractivity contribution in [1.82, 2.24) is 10.2 Å². The van der Waals surface area contributed by atoms with Crippen LogP contribution in [0.3, 0.4) is 0 Å². The Morgan fingerprint density at radius 2 is 2.05 bits per heavy atom. The van der Waals surface area contributed by atoms with Crippen molar-refractivity contribution in [3.05, 3.63) is 40.5 Å². The van der Waals surface area contributed by atoms with E-state index in [9.17, 15) is 4.79 Å². The Balaban J connectivity index is 2.18. The summed E-state index contributed by atoms with van der Waals surface area (Å²) in [5.41, 5.74) is 6.94. The molecule has 0 radical (unpaired) electrons. The quantitative estimate of drug-likeness (QED) is 0.880. The summed E-state index contributed by atoms with van der Waals surface area (Å²) in [6.07, 6.45) is 5.64. The van der Waals surface area contributed by atoms with Crippen LogP contribution in [0.25, 0.3) is 5.57 Å². The smallest absolute Gasteiger partial charge is 0.317 e. The zero-order valence-corrected chi connectivity index (χ0v) is 12.9. The Bertz CT molecular complexity index is 544. The summed E-state index contributed by atoms with van der Waals surface area (Å²) < 4.78 is 0. The minimum absolute atomic E-state index is 0.0432. The predicted octanol–water partition coefficient (Wildman–Crippen LogP) is 3.29. The van der Waals surface area contributed by atoms with Gasteiger partial charge in [0.05, 0.1) is 0 Å². The highest BCUT2D eigenvalue weighted by atomic mass is 16.2. The van der Waals surface area contributed by atoms with Crippen LogP contribution in [0.1, 0.15) is 35.1 Å². The summed E-state index contributed by atoms with van der Waals surface area (Å²) in [5, 5.41) is 2.90. The molecule has 1 aliphatic rings. The van der Waals surface area contributed by atoms with Gasteiger partial charge in [-0.1, -0.05) is 23.8 Å². The summed E-state index contributed by atoms with van der Waals surface area (Å²) in [6.45, 7) is 4.94. The number of allylic oxidation sites excluding steroid dienone is 1. The van der Waals surface area contributed by atoms with E-state index in [0.29, 0.717) is 6.54 Å². The van der Waals surface area contributed by atoms with Crippen LogP contribution in [0.5, 0.6) is 0 Å². The molecule has 0 fully saturated rings. The molecule has 0 aromatic heterocycles. The van der Waals surface area contributed by atoms with Crippen LogP contribution >= 0.6 is 0 Å². The van der Waals surface area contributed by atoms with Crippen molar-refractivity contribution < 1.29 is 4.79 Å². The number of hydrogen-bond donors (Lipinski definition) is 1. The fraction of sp³-hybridized carbons (Fsp3) is 0.471. The Kier molecular flexibility index (Phi) is 4.48. The van der Waals surface area contributed by atoms with E-state index in [4.69, 9.17) is 0 Å². The van der Waals surface area contributed by atoms with Gasteiger partial charge in [0, 0.05) is 20.6 Å². The van der Waals surface area contributed by atoms with Crippen molar-refractivity contribution in [2.75, 3.05) is 20.6 Å². The molecule has 0 heterocycles. The zero-order valence-electron chi connectivity index (χ0n) is 12.9. The maximum atomic E-state index is 11.5. The van der Waals surface area contributed by atoms with Crippen LogP contribution in [-0.4, -0.2) is 31.6 Å². The van der Waals surface area contributed by atoms with E-state index in [2.05, 4.69) is 37.4 Å². The van der Waals surface area contributed by atoms with Crippen molar-refractivity contribution in [1.29, 1.82) is 0 Å². The minimum atomic E-state index is -0.0432. The van der Waals surface area contributed by atoms with Gasteiger partial charge in [0.2, 0.25) is 0 Å². The van der Waals surface area contributed by atoms with Crippen LogP contribution in [0.4, 0.5) is 4.79 Å². The van der Waals surface area contributed by atoms with E-state index in [1.807, 2.05) is 0 Å². The highest BCUT2D eigenvalue weighted by Gasteiger charge is 2.16. The molecule has 108 valence electrons. The largest absolute Gasteiger partial charge is 0.335 e. The lowest BCUT2D eigenvalue weighted by atomic mass is 9.83. The first kappa shape index (κ1) is 14.6. The molecule has 2 rings (SSSR count). The summed E-state index contributed by atoms with van der Waals surface area (Å²) >= 11 is 0. The highest BCUT2D eigenvalue weighted by Crippen LogP contribution is 2.33. The first-order valence-corrected chi connectivity index (χ1v) is 7.23. The van der Waals surface area contributed by atoms with Crippen molar-refractivity contribution in [2.45, 2.75) is 33.1 Å². The lowest BCUT2D eigenvalue weighted by Gasteiger charge is -2.22. The molecule has 0 aliphatic heterocycles. The van der Waals surface area contributed by atoms with Gasteiger partial charge in [-0.05, 0) is 55.4 Å². The number of carbonyl (C=O) groups excluding carboxylic acids is 1. The maximum Gasteiger partial charge on any atom is 0.317 e. The molecule has 0 spiro atoms. The van der Waals surface area contributed by atoms with Gasteiger partial charge in [0.15, 0.2) is 0 Å². The summed E-state index contributed by atoms with van der Waals surface area (Å²) in [4.78, 5) is 13.1. The molecule has 0 saturated carbocycles. The number of fused-ring (bicyclic) bond motifs is 1. The molecule has 20 heavy (non-hydrogen) atoms. The molecular weight excluding hydrogens is 248 g/mol. The predicted molar refractivity (Wildman–Crippen MR) is 83.9 cm³/mol. The van der Waals surface area contributed by atoms with Crippen LogP contribution in [-0.2, 0) is 6.42 Å². The average molecular weight is 272 g/mol. The number of benzene rings is 1. The Labute approximate surface area is 121 Å². The molecule has 1 aromatic carbocycles. The standard InChI is InChI=1S/C17H24N2O/c1-12-10-13(2)15-7-5-6-14(16(15)11-12)8-9-18-17(20)19(3)4/h8,10-11H,5-7,9H2,1-4H3,(H,18,20). The first-order chi connectivity index (χ1) is 9.49. The van der Waals surface area contributed by atoms with E-state index in [1.54, 1.807) is 19.0 Å². The van der Waals surface area contributed by atoms with Gasteiger partial charge in [-0.2, -0.15) is 0 Å². The molecular formula is C17H24N2O. The van der Waals surface area contributed by atoms with Crippen molar-refractivity contribution in [3.8, 4) is 0 Å². The Morgan fingerprint density at radius 3 is 2.75 bits per heavy atom. The number of nitrogens with one attached hydrogen (secondary N) is 1. The first-order valence-electron chi connectivity index (χ1n) is 7.23. The van der Waals surface area contributed by atoms with Gasteiger partial charge in [-0.3, -0.25) is 0 Å². The number of aryl methyl sites for hydroxylation is 2. The molecule has 0 bridgehead atoms. The van der Waals surface area contributed by atoms with E-state index in [0.717, 1.165) is 6.42 Å². The van der Waals surface area contributed by atoms with E-state index in [-0.39, 0.29) is 6.03 Å². The third-order valence-corrected chi connectivity index (χ3v) is 3.84. The highest BCUT2D eigenvalue weighted by molar-refractivity contribution is 5.75. The molecule has 2 amide bonds. The monoisotopic (exact) mass is 272 g/mol. The number of carbonyl (C=O) groups is 1. The van der Waals surface area contributed by atoms with E-state index in [1.165, 1.54) is 40.7 Å². The summed E-state index contributed by atoms with van der Waals surface area (Å²) in [7, 11) is 3.51. The summed E-state index contributed by atoms with van der Waals surface area (Å²) in [5.74, 6) is 0. The third-order valence-electron chi connectivity index (χ3n) is 3.84. The number of urea groups is 1. The molecule has 0 unspecified atom stereocenters. The molecule has 3 heteroatoms. The minimum Gasteiger partial charge on any atom is -0.335 e. The lowest BCUT2D eigenvalue weighted by Crippen LogP contribution is -2.34. The second kappa shape index (κ2) is 6.12. The second-order valence-corrected chi connectivity index (χ2v) is 5.77. The maximum absolute atomic E-state index is 11.5. The third kappa shape index (κ3) is 3.21. The normalized spacial score (nSPS) is 15.9. The average Bonchev–Trinajstić information content (AvgIpc) is 2.39. The van der Waals surface area contributed by atoms with Crippen molar-refractivity contribution in [3.63, 3.8) is 0 Å². The molecule has 0 atom stereocenters. The van der Waals surface area contributed by atoms with Crippen LogP contribution in [0.2, 0.25) is 0 Å². The Morgan fingerprint density at radius 1 is 1.30 bits per heavy atom. The molecule has 3 nitrogen and oxygen atoms in total. The molecule has 0 saturated heterocycles. The zero-order chi connectivity index (χ0) is 14.7. The number of hydrogen-bond acceptors (Lipinski definition) is 1. The van der Waals surface area contributed by atoms with Crippen LogP contribution in [0.15, 0.2) is 18.2 Å². The second-order valence-electron chi connectivity index (χ2n) is 5.77. The fourth-order valence-electron chi connectivity index (χ4n) is 2.84. The number of nitrogens with zero attached hydrogens (tertiary/aromatic N) is 1. The van der Waals surface area contributed by atoms with Crippen LogP contribution < -0.4 is 5.32 Å². The topological polar surface area (TPSA) is 32.3 Å². The lowest BCUT2D eigenvalue weighted by molar-refractivity contribution is 0.218. The van der Waals surface area contributed by atoms with Gasteiger partial charge in [-0.25, -0.2) is 4.79 Å². The summed E-state index contributed by atoms with van der Waals surface area (Å²) in [6, 6.07) is 4.50. The molecule has 1 N–H and O–H groups in total.